The van der Waals surface area contributed by atoms with Crippen LogP contribution in [0.25, 0.3) is 23.0 Å². The summed E-state index contributed by atoms with van der Waals surface area (Å²) in [4.78, 5) is 25.2. The Hall–Kier alpha value is -2.61. The zero-order valence-electron chi connectivity index (χ0n) is 14.2. The lowest BCUT2D eigenvalue weighted by Gasteiger charge is -2.14. The van der Waals surface area contributed by atoms with E-state index in [0.717, 1.165) is 18.4 Å². The molecule has 1 aliphatic carbocycles. The van der Waals surface area contributed by atoms with Gasteiger partial charge in [-0.1, -0.05) is 30.8 Å². The van der Waals surface area contributed by atoms with Gasteiger partial charge >= 0.3 is 0 Å². The van der Waals surface area contributed by atoms with Gasteiger partial charge in [0.25, 0.3) is 11.8 Å². The SMILES string of the molecule is O=C(NC1CCCCCC1)c1nc(-c2nc(-c3ccncc3)no2)cs1. The monoisotopic (exact) mass is 369 g/mol. The summed E-state index contributed by atoms with van der Waals surface area (Å²) in [5.41, 5.74) is 1.34. The molecule has 0 aliphatic heterocycles. The minimum Gasteiger partial charge on any atom is -0.347 e. The van der Waals surface area contributed by atoms with Crippen molar-refractivity contribution in [2.45, 2.75) is 44.6 Å². The van der Waals surface area contributed by atoms with Crippen molar-refractivity contribution in [3.8, 4) is 23.0 Å². The molecular formula is C18H19N5O2S. The number of pyridine rings is 1. The molecule has 134 valence electrons. The fourth-order valence-corrected chi connectivity index (χ4v) is 3.79. The maximum atomic E-state index is 12.5. The molecule has 0 bridgehead atoms. The first-order chi connectivity index (χ1) is 12.8. The minimum absolute atomic E-state index is 0.123. The Labute approximate surface area is 154 Å². The van der Waals surface area contributed by atoms with E-state index in [0.29, 0.717) is 22.4 Å². The molecule has 3 heterocycles. The van der Waals surface area contributed by atoms with Gasteiger partial charge in [0.2, 0.25) is 5.82 Å². The summed E-state index contributed by atoms with van der Waals surface area (Å²) in [5.74, 6) is 0.656. The van der Waals surface area contributed by atoms with E-state index in [1.54, 1.807) is 29.9 Å². The van der Waals surface area contributed by atoms with Crippen molar-refractivity contribution >= 4 is 17.2 Å². The van der Waals surface area contributed by atoms with Gasteiger partial charge in [-0.05, 0) is 25.0 Å². The Morgan fingerprint density at radius 1 is 1.12 bits per heavy atom. The number of rotatable bonds is 4. The standard InChI is InChI=1S/C18H19N5O2S/c24-16(20-13-5-3-1-2-4-6-13)18-21-14(11-26-18)17-22-15(23-25-17)12-7-9-19-10-8-12/h7-11,13H,1-6H2,(H,20,24). The Bertz CT molecular complexity index is 869. The molecule has 1 amide bonds. The second-order valence-electron chi connectivity index (χ2n) is 6.36. The van der Waals surface area contributed by atoms with E-state index in [-0.39, 0.29) is 11.9 Å². The highest BCUT2D eigenvalue weighted by molar-refractivity contribution is 7.12. The van der Waals surface area contributed by atoms with E-state index in [4.69, 9.17) is 4.52 Å². The van der Waals surface area contributed by atoms with Crippen LogP contribution in [-0.2, 0) is 0 Å². The van der Waals surface area contributed by atoms with Crippen molar-refractivity contribution in [2.24, 2.45) is 0 Å². The van der Waals surface area contributed by atoms with Crippen LogP contribution in [0.15, 0.2) is 34.4 Å². The van der Waals surface area contributed by atoms with Crippen molar-refractivity contribution in [1.82, 2.24) is 25.4 Å². The first kappa shape index (κ1) is 16.8. The smallest absolute Gasteiger partial charge is 0.280 e. The van der Waals surface area contributed by atoms with Crippen molar-refractivity contribution in [3.63, 3.8) is 0 Å². The zero-order chi connectivity index (χ0) is 17.8. The van der Waals surface area contributed by atoms with Crippen molar-refractivity contribution in [2.75, 3.05) is 0 Å². The van der Waals surface area contributed by atoms with E-state index in [9.17, 15) is 4.79 Å². The van der Waals surface area contributed by atoms with Crippen molar-refractivity contribution < 1.29 is 9.32 Å². The van der Waals surface area contributed by atoms with Crippen LogP contribution in [0.4, 0.5) is 0 Å². The lowest BCUT2D eigenvalue weighted by Crippen LogP contribution is -2.34. The number of carbonyl (C=O) groups is 1. The molecule has 0 spiro atoms. The maximum Gasteiger partial charge on any atom is 0.280 e. The van der Waals surface area contributed by atoms with Crippen LogP contribution in [0.1, 0.15) is 48.3 Å². The highest BCUT2D eigenvalue weighted by atomic mass is 32.1. The number of hydrogen-bond acceptors (Lipinski definition) is 7. The summed E-state index contributed by atoms with van der Waals surface area (Å²) in [5, 5.41) is 9.27. The molecule has 1 fully saturated rings. The van der Waals surface area contributed by atoms with Gasteiger partial charge in [0, 0.05) is 29.4 Å². The summed E-state index contributed by atoms with van der Waals surface area (Å²) in [6, 6.07) is 3.86. The lowest BCUT2D eigenvalue weighted by atomic mass is 10.1. The topological polar surface area (TPSA) is 93.8 Å². The van der Waals surface area contributed by atoms with Crippen LogP contribution in [0.3, 0.4) is 0 Å². The molecular weight excluding hydrogens is 350 g/mol. The third kappa shape index (κ3) is 3.80. The van der Waals surface area contributed by atoms with Gasteiger partial charge in [-0.2, -0.15) is 4.98 Å². The van der Waals surface area contributed by atoms with E-state index in [1.165, 1.54) is 37.0 Å². The van der Waals surface area contributed by atoms with Crippen LogP contribution in [-0.4, -0.2) is 32.1 Å². The van der Waals surface area contributed by atoms with Crippen LogP contribution < -0.4 is 5.32 Å². The maximum absolute atomic E-state index is 12.5. The third-order valence-electron chi connectivity index (χ3n) is 4.47. The molecule has 4 rings (SSSR count). The summed E-state index contributed by atoms with van der Waals surface area (Å²) in [6.07, 6.45) is 10.3. The quantitative estimate of drug-likeness (QED) is 0.705. The first-order valence-corrected chi connectivity index (χ1v) is 9.68. The molecule has 1 aliphatic rings. The Kier molecular flexibility index (Phi) is 5.01. The number of nitrogens with zero attached hydrogens (tertiary/aromatic N) is 4. The molecule has 3 aromatic rings. The van der Waals surface area contributed by atoms with Gasteiger partial charge in [0.15, 0.2) is 5.01 Å². The normalized spacial score (nSPS) is 15.5. The molecule has 0 aromatic carbocycles. The van der Waals surface area contributed by atoms with Gasteiger partial charge in [-0.3, -0.25) is 9.78 Å². The number of carbonyl (C=O) groups excluding carboxylic acids is 1. The Morgan fingerprint density at radius 3 is 2.65 bits per heavy atom. The van der Waals surface area contributed by atoms with E-state index >= 15 is 0 Å². The van der Waals surface area contributed by atoms with Crippen LogP contribution in [0, 0.1) is 0 Å². The van der Waals surface area contributed by atoms with Crippen molar-refractivity contribution in [1.29, 1.82) is 0 Å². The van der Waals surface area contributed by atoms with Gasteiger partial charge in [0.1, 0.15) is 5.69 Å². The average molecular weight is 369 g/mol. The first-order valence-electron chi connectivity index (χ1n) is 8.80. The van der Waals surface area contributed by atoms with Crippen molar-refractivity contribution in [3.05, 3.63) is 34.9 Å². The number of aromatic nitrogens is 4. The number of thiazole rings is 1. The molecule has 7 nitrogen and oxygen atoms in total. The van der Waals surface area contributed by atoms with Crippen LogP contribution in [0.5, 0.6) is 0 Å². The minimum atomic E-state index is -0.123. The predicted molar refractivity (Wildman–Crippen MR) is 97.6 cm³/mol. The molecule has 1 saturated carbocycles. The largest absolute Gasteiger partial charge is 0.347 e. The molecule has 0 atom stereocenters. The zero-order valence-corrected chi connectivity index (χ0v) is 15.0. The Morgan fingerprint density at radius 2 is 1.88 bits per heavy atom. The third-order valence-corrected chi connectivity index (χ3v) is 5.31. The molecule has 8 heteroatoms. The summed E-state index contributed by atoms with van der Waals surface area (Å²) in [7, 11) is 0. The van der Waals surface area contributed by atoms with E-state index in [1.807, 2.05) is 0 Å². The number of hydrogen-bond donors (Lipinski definition) is 1. The highest BCUT2D eigenvalue weighted by Crippen LogP contribution is 2.24. The Balaban J connectivity index is 1.46. The molecule has 1 N–H and O–H groups in total. The second kappa shape index (κ2) is 7.74. The van der Waals surface area contributed by atoms with Gasteiger partial charge in [-0.25, -0.2) is 4.98 Å². The summed E-state index contributed by atoms with van der Waals surface area (Å²) < 4.78 is 5.30. The number of amides is 1. The summed E-state index contributed by atoms with van der Waals surface area (Å²) in [6.45, 7) is 0. The van der Waals surface area contributed by atoms with Gasteiger partial charge < -0.3 is 9.84 Å². The molecule has 0 saturated heterocycles. The predicted octanol–water partition coefficient (Wildman–Crippen LogP) is 3.71. The summed E-state index contributed by atoms with van der Waals surface area (Å²) >= 11 is 1.29. The van der Waals surface area contributed by atoms with Gasteiger partial charge in [0.05, 0.1) is 0 Å². The van der Waals surface area contributed by atoms with E-state index < -0.39 is 0 Å². The fraction of sp³-hybridized carbons (Fsp3) is 0.389. The van der Waals surface area contributed by atoms with E-state index in [2.05, 4.69) is 25.4 Å². The molecule has 0 radical (unpaired) electrons. The molecule has 3 aromatic heterocycles. The second-order valence-corrected chi connectivity index (χ2v) is 7.22. The fourth-order valence-electron chi connectivity index (χ4n) is 3.09. The van der Waals surface area contributed by atoms with Crippen LogP contribution >= 0.6 is 11.3 Å². The van der Waals surface area contributed by atoms with Crippen LogP contribution in [0.2, 0.25) is 0 Å². The lowest BCUT2D eigenvalue weighted by molar-refractivity contribution is 0.0933. The molecule has 26 heavy (non-hydrogen) atoms. The highest BCUT2D eigenvalue weighted by Gasteiger charge is 2.20. The average Bonchev–Trinajstić information content (AvgIpc) is 3.28. The van der Waals surface area contributed by atoms with Gasteiger partial charge in [-0.15, -0.1) is 11.3 Å². The number of nitrogens with one attached hydrogen (secondary N) is 1. The molecule has 0 unspecified atom stereocenters.